The van der Waals surface area contributed by atoms with Gasteiger partial charge in [0, 0.05) is 24.7 Å². The summed E-state index contributed by atoms with van der Waals surface area (Å²) in [6, 6.07) is 0.903. The molecule has 166 valence electrons. The zero-order valence-corrected chi connectivity index (χ0v) is 16.8. The number of aromatic amines is 1. The summed E-state index contributed by atoms with van der Waals surface area (Å²) >= 11 is 0. The summed E-state index contributed by atoms with van der Waals surface area (Å²) in [6.07, 6.45) is 2.27. The second kappa shape index (κ2) is 7.41. The van der Waals surface area contributed by atoms with E-state index in [-0.39, 0.29) is 24.6 Å². The molecule has 0 aliphatic carbocycles. The second-order valence-electron chi connectivity index (χ2n) is 7.30. The highest BCUT2D eigenvalue weighted by molar-refractivity contribution is 7.89. The molecule has 2 atom stereocenters. The molecule has 0 unspecified atom stereocenters. The average molecular weight is 461 g/mol. The molecule has 31 heavy (non-hydrogen) atoms. The Morgan fingerprint density at radius 3 is 2.29 bits per heavy atom. The van der Waals surface area contributed by atoms with Gasteiger partial charge in [0.05, 0.1) is 5.39 Å². The number of aromatic nitrogens is 3. The number of benzene rings is 1. The SMILES string of the molecule is C[C@H]1CC[C@@H](c2nc(N)c3cc[nH]c3n2)CN1S(=O)(=O)c1c(F)c(F)c(F)c(F)c1F. The molecule has 1 aromatic carbocycles. The zero-order chi connectivity index (χ0) is 22.7. The highest BCUT2D eigenvalue weighted by atomic mass is 32.2. The third-order valence-electron chi connectivity index (χ3n) is 5.39. The van der Waals surface area contributed by atoms with Crippen molar-refractivity contribution in [3.63, 3.8) is 0 Å². The van der Waals surface area contributed by atoms with Gasteiger partial charge >= 0.3 is 0 Å². The monoisotopic (exact) mass is 461 g/mol. The van der Waals surface area contributed by atoms with E-state index in [4.69, 9.17) is 5.73 Å². The number of nitrogens with zero attached hydrogens (tertiary/aromatic N) is 3. The molecule has 0 bridgehead atoms. The molecular formula is C18H16F5N5O2S. The van der Waals surface area contributed by atoms with Crippen LogP contribution in [0.1, 0.15) is 31.5 Å². The maximum absolute atomic E-state index is 14.2. The molecule has 0 saturated carbocycles. The van der Waals surface area contributed by atoms with Crippen molar-refractivity contribution in [1.29, 1.82) is 0 Å². The van der Waals surface area contributed by atoms with E-state index in [1.807, 2.05) is 0 Å². The van der Waals surface area contributed by atoms with Crippen molar-refractivity contribution in [3.8, 4) is 0 Å². The van der Waals surface area contributed by atoms with Gasteiger partial charge in [-0.2, -0.15) is 4.31 Å². The summed E-state index contributed by atoms with van der Waals surface area (Å²) < 4.78 is 95.7. The van der Waals surface area contributed by atoms with Crippen molar-refractivity contribution < 1.29 is 30.4 Å². The molecule has 1 aliphatic rings. The van der Waals surface area contributed by atoms with Crippen molar-refractivity contribution in [2.75, 3.05) is 12.3 Å². The first-order valence-electron chi connectivity index (χ1n) is 9.17. The van der Waals surface area contributed by atoms with E-state index in [2.05, 4.69) is 15.0 Å². The summed E-state index contributed by atoms with van der Waals surface area (Å²) in [5, 5.41) is 0.568. The average Bonchev–Trinajstić information content (AvgIpc) is 3.20. The Hall–Kier alpha value is -2.80. The van der Waals surface area contributed by atoms with Crippen LogP contribution < -0.4 is 5.73 Å². The molecular weight excluding hydrogens is 445 g/mol. The number of piperidine rings is 1. The van der Waals surface area contributed by atoms with E-state index >= 15 is 0 Å². The maximum atomic E-state index is 14.2. The van der Waals surface area contributed by atoms with Gasteiger partial charge in [-0.15, -0.1) is 0 Å². The molecule has 3 aromatic rings. The van der Waals surface area contributed by atoms with Gasteiger partial charge in [0.2, 0.25) is 15.8 Å². The van der Waals surface area contributed by atoms with Crippen molar-refractivity contribution in [3.05, 3.63) is 47.2 Å². The van der Waals surface area contributed by atoms with Crippen LogP contribution in [0.5, 0.6) is 0 Å². The molecule has 13 heteroatoms. The van der Waals surface area contributed by atoms with Crippen LogP contribution in [-0.4, -0.2) is 40.3 Å². The number of hydrogen-bond acceptors (Lipinski definition) is 5. The Morgan fingerprint density at radius 2 is 1.65 bits per heavy atom. The van der Waals surface area contributed by atoms with Crippen LogP contribution in [0.3, 0.4) is 0 Å². The molecule has 1 aliphatic heterocycles. The molecule has 0 amide bonds. The zero-order valence-electron chi connectivity index (χ0n) is 16.0. The number of fused-ring (bicyclic) bond motifs is 1. The first kappa shape index (κ1) is 21.4. The van der Waals surface area contributed by atoms with Gasteiger partial charge in [0.15, 0.2) is 28.2 Å². The third kappa shape index (κ3) is 3.31. The lowest BCUT2D eigenvalue weighted by atomic mass is 9.94. The Bertz CT molecular complexity index is 1270. The van der Waals surface area contributed by atoms with E-state index in [9.17, 15) is 30.4 Å². The summed E-state index contributed by atoms with van der Waals surface area (Å²) in [5.41, 5.74) is 6.34. The molecule has 1 saturated heterocycles. The van der Waals surface area contributed by atoms with E-state index in [0.717, 1.165) is 0 Å². The quantitative estimate of drug-likeness (QED) is 0.354. The summed E-state index contributed by atoms with van der Waals surface area (Å²) in [4.78, 5) is 9.51. The van der Waals surface area contributed by atoms with Gasteiger partial charge < -0.3 is 10.7 Å². The van der Waals surface area contributed by atoms with Gasteiger partial charge in [-0.25, -0.2) is 40.3 Å². The smallest absolute Gasteiger partial charge is 0.249 e. The Labute approximate surface area is 173 Å². The highest BCUT2D eigenvalue weighted by Gasteiger charge is 2.42. The Morgan fingerprint density at radius 1 is 1.03 bits per heavy atom. The van der Waals surface area contributed by atoms with Gasteiger partial charge in [0.1, 0.15) is 17.3 Å². The topological polar surface area (TPSA) is 105 Å². The van der Waals surface area contributed by atoms with Gasteiger partial charge in [0.25, 0.3) is 0 Å². The lowest BCUT2D eigenvalue weighted by Crippen LogP contribution is -2.45. The van der Waals surface area contributed by atoms with Crippen LogP contribution in [0.15, 0.2) is 17.2 Å². The first-order chi connectivity index (χ1) is 14.5. The number of nitrogens with two attached hydrogens (primary N) is 1. The number of halogens is 5. The van der Waals surface area contributed by atoms with Crippen molar-refractivity contribution >= 4 is 26.9 Å². The predicted molar refractivity (Wildman–Crippen MR) is 99.9 cm³/mol. The summed E-state index contributed by atoms with van der Waals surface area (Å²) in [7, 11) is -5.07. The van der Waals surface area contributed by atoms with Crippen LogP contribution in [0.2, 0.25) is 0 Å². The van der Waals surface area contributed by atoms with Crippen molar-refractivity contribution in [1.82, 2.24) is 19.3 Å². The normalized spacial score (nSPS) is 20.5. The molecule has 2 aromatic heterocycles. The minimum atomic E-state index is -5.07. The van der Waals surface area contributed by atoms with Crippen molar-refractivity contribution in [2.24, 2.45) is 0 Å². The molecule has 7 nitrogen and oxygen atoms in total. The lowest BCUT2D eigenvalue weighted by molar-refractivity contribution is 0.238. The summed E-state index contributed by atoms with van der Waals surface area (Å²) in [5.74, 6) is -12.1. The lowest BCUT2D eigenvalue weighted by Gasteiger charge is -2.36. The number of nitrogens with one attached hydrogen (secondary N) is 1. The number of sulfonamides is 1. The Balaban J connectivity index is 1.76. The standard InChI is InChI=1S/C18H16F5N5O2S/c1-7-2-3-8(17-26-16(24)9-4-5-25-18(9)27-17)6-28(7)31(29,30)15-13(22)11(20)10(19)12(21)14(15)23/h4-5,7-8H,2-3,6H2,1H3,(H3,24,25,26,27)/t7-,8+/m0/s1. The van der Waals surface area contributed by atoms with Gasteiger partial charge in [-0.1, -0.05) is 0 Å². The summed E-state index contributed by atoms with van der Waals surface area (Å²) in [6.45, 7) is 1.15. The van der Waals surface area contributed by atoms with Crippen LogP contribution in [-0.2, 0) is 10.0 Å². The molecule has 1 fully saturated rings. The first-order valence-corrected chi connectivity index (χ1v) is 10.6. The van der Waals surface area contributed by atoms with Crippen LogP contribution in [0, 0.1) is 29.1 Å². The number of hydrogen-bond donors (Lipinski definition) is 2. The minimum Gasteiger partial charge on any atom is -0.383 e. The molecule has 0 radical (unpaired) electrons. The predicted octanol–water partition coefficient (Wildman–Crippen LogP) is 3.19. The molecule has 4 rings (SSSR count). The minimum absolute atomic E-state index is 0.161. The second-order valence-corrected chi connectivity index (χ2v) is 9.13. The number of rotatable bonds is 3. The number of anilines is 1. The molecule has 0 spiro atoms. The highest BCUT2D eigenvalue weighted by Crippen LogP contribution is 2.36. The van der Waals surface area contributed by atoms with E-state index in [1.54, 1.807) is 12.3 Å². The van der Waals surface area contributed by atoms with E-state index < -0.39 is 56.0 Å². The van der Waals surface area contributed by atoms with Crippen LogP contribution in [0.4, 0.5) is 27.8 Å². The van der Waals surface area contributed by atoms with Gasteiger partial charge in [-0.05, 0) is 25.8 Å². The van der Waals surface area contributed by atoms with Crippen LogP contribution in [0.25, 0.3) is 11.0 Å². The van der Waals surface area contributed by atoms with E-state index in [0.29, 0.717) is 21.8 Å². The van der Waals surface area contributed by atoms with Crippen LogP contribution >= 0.6 is 0 Å². The largest absolute Gasteiger partial charge is 0.383 e. The molecule has 3 N–H and O–H groups in total. The fraction of sp³-hybridized carbons (Fsp3) is 0.333. The van der Waals surface area contributed by atoms with Gasteiger partial charge in [-0.3, -0.25) is 0 Å². The molecule has 3 heterocycles. The fourth-order valence-corrected chi connectivity index (χ4v) is 5.54. The Kier molecular flexibility index (Phi) is 5.12. The number of H-pyrrole nitrogens is 1. The number of nitrogen functional groups attached to an aromatic ring is 1. The maximum Gasteiger partial charge on any atom is 0.249 e. The third-order valence-corrected chi connectivity index (χ3v) is 7.39. The van der Waals surface area contributed by atoms with E-state index in [1.165, 1.54) is 6.92 Å². The van der Waals surface area contributed by atoms with Crippen molar-refractivity contribution in [2.45, 2.75) is 36.6 Å². The fourth-order valence-electron chi connectivity index (χ4n) is 3.71.